The van der Waals surface area contributed by atoms with Crippen LogP contribution in [0.1, 0.15) is 49.0 Å². The summed E-state index contributed by atoms with van der Waals surface area (Å²) in [6, 6.07) is 0.0329. The van der Waals surface area contributed by atoms with E-state index in [0.29, 0.717) is 5.92 Å². The molecule has 2 unspecified atom stereocenters. The molecule has 0 bridgehead atoms. The van der Waals surface area contributed by atoms with E-state index in [4.69, 9.17) is 0 Å². The highest BCUT2D eigenvalue weighted by atomic mass is 32.1. The Bertz CT molecular complexity index is 440. The highest BCUT2D eigenvalue weighted by Crippen LogP contribution is 2.42. The molecule has 0 spiro atoms. The molecule has 5 heteroatoms. The second-order valence-corrected chi connectivity index (χ2v) is 6.97. The van der Waals surface area contributed by atoms with Crippen molar-refractivity contribution in [3.63, 3.8) is 0 Å². The van der Waals surface area contributed by atoms with Gasteiger partial charge in [-0.25, -0.2) is 4.98 Å². The predicted molar refractivity (Wildman–Crippen MR) is 75.9 cm³/mol. The number of hydrogen-bond acceptors (Lipinski definition) is 4. The second kappa shape index (κ2) is 6.01. The molecule has 1 aromatic heterocycles. The van der Waals surface area contributed by atoms with Crippen molar-refractivity contribution in [3.05, 3.63) is 16.1 Å². The van der Waals surface area contributed by atoms with Crippen molar-refractivity contribution in [2.45, 2.75) is 52.2 Å². The number of hydrogen-bond donors (Lipinski definition) is 2. The number of aryl methyl sites for hydroxylation is 1. The Morgan fingerprint density at radius 1 is 1.58 bits per heavy atom. The van der Waals surface area contributed by atoms with E-state index in [1.165, 1.54) is 0 Å². The number of thiazole rings is 1. The monoisotopic (exact) mass is 282 g/mol. The molecule has 0 saturated heterocycles. The Morgan fingerprint density at radius 2 is 2.26 bits per heavy atom. The minimum atomic E-state index is -0.571. The molecule has 1 aromatic rings. The maximum absolute atomic E-state index is 12.0. The predicted octanol–water partition coefficient (Wildman–Crippen LogP) is 2.43. The smallest absolute Gasteiger partial charge is 0.223 e. The van der Waals surface area contributed by atoms with Crippen LogP contribution in [-0.4, -0.2) is 22.1 Å². The molecule has 4 nitrogen and oxygen atoms in total. The molecular formula is C14H22N2O2S. The second-order valence-electron chi connectivity index (χ2n) is 5.71. The summed E-state index contributed by atoms with van der Waals surface area (Å²) in [4.78, 5) is 17.5. The van der Waals surface area contributed by atoms with Crippen molar-refractivity contribution in [2.75, 3.05) is 0 Å². The van der Waals surface area contributed by atoms with Crippen molar-refractivity contribution in [1.29, 1.82) is 0 Å². The van der Waals surface area contributed by atoms with Crippen LogP contribution in [0.4, 0.5) is 0 Å². The summed E-state index contributed by atoms with van der Waals surface area (Å²) < 4.78 is 0. The first-order chi connectivity index (χ1) is 8.97. The average Bonchev–Trinajstić information content (AvgIpc) is 3.08. The van der Waals surface area contributed by atoms with Gasteiger partial charge in [0.05, 0.1) is 18.6 Å². The molecule has 1 saturated carbocycles. The maximum Gasteiger partial charge on any atom is 0.223 e. The molecule has 0 radical (unpaired) electrons. The summed E-state index contributed by atoms with van der Waals surface area (Å²) in [5.74, 6) is 0.545. The van der Waals surface area contributed by atoms with Gasteiger partial charge in [0.25, 0.3) is 0 Å². The van der Waals surface area contributed by atoms with E-state index in [1.54, 1.807) is 11.3 Å². The summed E-state index contributed by atoms with van der Waals surface area (Å²) >= 11 is 1.64. The van der Waals surface area contributed by atoms with Crippen molar-refractivity contribution >= 4 is 17.2 Å². The van der Waals surface area contributed by atoms with Gasteiger partial charge in [0, 0.05) is 11.1 Å². The lowest BCUT2D eigenvalue weighted by Gasteiger charge is -2.18. The number of carbonyl (C=O) groups excluding carboxylic acids is 1. The van der Waals surface area contributed by atoms with Crippen molar-refractivity contribution in [2.24, 2.45) is 11.8 Å². The van der Waals surface area contributed by atoms with Crippen LogP contribution in [0.25, 0.3) is 0 Å². The number of aromatic nitrogens is 1. The lowest BCUT2D eigenvalue weighted by molar-refractivity contribution is -0.124. The topological polar surface area (TPSA) is 62.2 Å². The summed E-state index contributed by atoms with van der Waals surface area (Å²) in [6.07, 6.45) is 3.75. The lowest BCUT2D eigenvalue weighted by atomic mass is 10.0. The van der Waals surface area contributed by atoms with Crippen LogP contribution in [-0.2, 0) is 4.79 Å². The summed E-state index contributed by atoms with van der Waals surface area (Å²) in [5.41, 5.74) is 0. The van der Waals surface area contributed by atoms with E-state index in [0.717, 1.165) is 22.7 Å². The van der Waals surface area contributed by atoms with Crippen LogP contribution in [0.2, 0.25) is 0 Å². The molecule has 1 aliphatic carbocycles. The van der Waals surface area contributed by atoms with Gasteiger partial charge in [-0.3, -0.25) is 4.79 Å². The summed E-state index contributed by atoms with van der Waals surface area (Å²) in [7, 11) is 0. The van der Waals surface area contributed by atoms with Crippen LogP contribution in [0.15, 0.2) is 6.20 Å². The molecule has 1 aliphatic rings. The van der Waals surface area contributed by atoms with E-state index < -0.39 is 6.10 Å². The normalized spacial score (nSPS) is 18.4. The number of aliphatic hydroxyl groups excluding tert-OH is 1. The summed E-state index contributed by atoms with van der Waals surface area (Å²) in [6.45, 7) is 5.86. The molecule has 0 aliphatic heterocycles. The van der Waals surface area contributed by atoms with Gasteiger partial charge < -0.3 is 10.4 Å². The first kappa shape index (κ1) is 14.5. The number of carbonyl (C=O) groups is 1. The van der Waals surface area contributed by atoms with E-state index >= 15 is 0 Å². The van der Waals surface area contributed by atoms with Crippen LogP contribution < -0.4 is 5.32 Å². The van der Waals surface area contributed by atoms with Crippen molar-refractivity contribution in [3.8, 4) is 0 Å². The van der Waals surface area contributed by atoms with Gasteiger partial charge in [-0.2, -0.15) is 0 Å². The van der Waals surface area contributed by atoms with Crippen molar-refractivity contribution < 1.29 is 9.90 Å². The number of nitrogens with one attached hydrogen (secondary N) is 1. The Balaban J connectivity index is 1.96. The molecule has 2 atom stereocenters. The van der Waals surface area contributed by atoms with Crippen LogP contribution in [0.5, 0.6) is 0 Å². The van der Waals surface area contributed by atoms with Gasteiger partial charge in [0.15, 0.2) is 0 Å². The molecule has 19 heavy (non-hydrogen) atoms. The Hall–Kier alpha value is -0.940. The van der Waals surface area contributed by atoms with Gasteiger partial charge in [-0.05, 0) is 31.6 Å². The van der Waals surface area contributed by atoms with Crippen LogP contribution >= 0.6 is 11.3 Å². The fourth-order valence-corrected chi connectivity index (χ4v) is 2.90. The van der Waals surface area contributed by atoms with E-state index in [2.05, 4.69) is 10.3 Å². The Kier molecular flexibility index (Phi) is 4.58. The molecule has 1 amide bonds. The number of amides is 1. The van der Waals surface area contributed by atoms with Gasteiger partial charge in [-0.15, -0.1) is 11.3 Å². The maximum atomic E-state index is 12.0. The first-order valence-corrected chi connectivity index (χ1v) is 7.68. The minimum Gasteiger partial charge on any atom is -0.392 e. The van der Waals surface area contributed by atoms with Gasteiger partial charge in [0.1, 0.15) is 5.01 Å². The van der Waals surface area contributed by atoms with Gasteiger partial charge in [0.2, 0.25) is 5.91 Å². The van der Waals surface area contributed by atoms with Crippen molar-refractivity contribution in [1.82, 2.24) is 10.3 Å². The van der Waals surface area contributed by atoms with E-state index in [9.17, 15) is 9.90 Å². The highest BCUT2D eigenvalue weighted by molar-refractivity contribution is 7.11. The average molecular weight is 282 g/mol. The fraction of sp³-hybridized carbons (Fsp3) is 0.714. The standard InChI is InChI=1S/C14H22N2O2S/c1-8(2)11(17)6-12(18)16-13(10-4-5-10)14-15-7-9(3)19-14/h7-8,10-11,13,17H,4-6H2,1-3H3,(H,16,18). The zero-order valence-corrected chi connectivity index (χ0v) is 12.5. The highest BCUT2D eigenvalue weighted by Gasteiger charge is 2.35. The molecule has 1 fully saturated rings. The van der Waals surface area contributed by atoms with E-state index in [-0.39, 0.29) is 24.3 Å². The Morgan fingerprint density at radius 3 is 2.74 bits per heavy atom. The zero-order chi connectivity index (χ0) is 14.0. The largest absolute Gasteiger partial charge is 0.392 e. The molecule has 106 valence electrons. The first-order valence-electron chi connectivity index (χ1n) is 6.87. The molecule has 2 N–H and O–H groups in total. The van der Waals surface area contributed by atoms with Gasteiger partial charge >= 0.3 is 0 Å². The quantitative estimate of drug-likeness (QED) is 0.842. The minimum absolute atomic E-state index is 0.0329. The third-order valence-electron chi connectivity index (χ3n) is 3.48. The fourth-order valence-electron chi connectivity index (χ4n) is 1.98. The van der Waals surface area contributed by atoms with Crippen LogP contribution in [0, 0.1) is 18.8 Å². The van der Waals surface area contributed by atoms with E-state index in [1.807, 2.05) is 27.0 Å². The summed E-state index contributed by atoms with van der Waals surface area (Å²) in [5, 5.41) is 13.8. The molecule has 1 heterocycles. The molecule has 0 aromatic carbocycles. The SMILES string of the molecule is Cc1cnc(C(NC(=O)CC(O)C(C)C)C2CC2)s1. The third-order valence-corrected chi connectivity index (χ3v) is 4.48. The number of aliphatic hydroxyl groups is 1. The lowest BCUT2D eigenvalue weighted by Crippen LogP contribution is -2.33. The third kappa shape index (κ3) is 4.01. The number of nitrogens with zero attached hydrogens (tertiary/aromatic N) is 1. The zero-order valence-electron chi connectivity index (χ0n) is 11.7. The Labute approximate surface area is 118 Å². The molecule has 2 rings (SSSR count). The molecular weight excluding hydrogens is 260 g/mol. The van der Waals surface area contributed by atoms with Gasteiger partial charge in [-0.1, -0.05) is 13.8 Å². The van der Waals surface area contributed by atoms with Crippen LogP contribution in [0.3, 0.4) is 0 Å². The number of rotatable bonds is 6.